The molecule has 8 heteroatoms. The van der Waals surface area contributed by atoms with Gasteiger partial charge in [0.25, 0.3) is 5.91 Å². The predicted molar refractivity (Wildman–Crippen MR) is 110 cm³/mol. The Hall–Kier alpha value is -1.86. The highest BCUT2D eigenvalue weighted by Gasteiger charge is 2.33. The zero-order valence-corrected chi connectivity index (χ0v) is 16.5. The molecule has 1 saturated heterocycles. The second-order valence-corrected chi connectivity index (χ2v) is 7.74. The van der Waals surface area contributed by atoms with Crippen LogP contribution in [0.1, 0.15) is 15.9 Å². The minimum absolute atomic E-state index is 0.253. The first kappa shape index (κ1) is 18.9. The van der Waals surface area contributed by atoms with E-state index in [9.17, 15) is 9.59 Å². The Morgan fingerprint density at radius 1 is 1.19 bits per heavy atom. The zero-order chi connectivity index (χ0) is 18.8. The molecule has 0 spiro atoms. The van der Waals surface area contributed by atoms with E-state index in [0.717, 1.165) is 0 Å². The van der Waals surface area contributed by atoms with E-state index in [-0.39, 0.29) is 5.91 Å². The van der Waals surface area contributed by atoms with Crippen molar-refractivity contribution in [2.24, 2.45) is 0 Å². The fourth-order valence-corrected chi connectivity index (χ4v) is 4.07. The Morgan fingerprint density at radius 3 is 2.50 bits per heavy atom. The Kier molecular flexibility index (Phi) is 5.67. The third-order valence-corrected chi connectivity index (χ3v) is 5.45. The summed E-state index contributed by atoms with van der Waals surface area (Å²) in [6.07, 6.45) is 1.68. The van der Waals surface area contributed by atoms with E-state index in [1.54, 1.807) is 48.5 Å². The summed E-state index contributed by atoms with van der Waals surface area (Å²) in [4.78, 5) is 26.2. The molecule has 0 saturated carbocycles. The number of rotatable bonds is 3. The van der Waals surface area contributed by atoms with Gasteiger partial charge in [-0.05, 0) is 48.0 Å². The van der Waals surface area contributed by atoms with E-state index in [1.807, 2.05) is 0 Å². The molecule has 0 radical (unpaired) electrons. The van der Waals surface area contributed by atoms with Gasteiger partial charge < -0.3 is 4.74 Å². The molecule has 0 unspecified atom stereocenters. The molecular weight excluding hydrogens is 413 g/mol. The van der Waals surface area contributed by atoms with Crippen molar-refractivity contribution in [3.63, 3.8) is 0 Å². The summed E-state index contributed by atoms with van der Waals surface area (Å²) in [7, 11) is 1.31. The maximum absolute atomic E-state index is 12.8. The van der Waals surface area contributed by atoms with Gasteiger partial charge in [0.15, 0.2) is 4.32 Å². The highest BCUT2D eigenvalue weighted by Crippen LogP contribution is 2.37. The van der Waals surface area contributed by atoms with Crippen LogP contribution in [0.3, 0.4) is 0 Å². The third-order valence-electron chi connectivity index (χ3n) is 3.59. The van der Waals surface area contributed by atoms with Gasteiger partial charge in [0.05, 0.1) is 23.3 Å². The lowest BCUT2D eigenvalue weighted by atomic mass is 10.2. The average molecular weight is 424 g/mol. The number of hydrogen-bond acceptors (Lipinski definition) is 5. The van der Waals surface area contributed by atoms with Crippen molar-refractivity contribution in [3.8, 4) is 0 Å². The van der Waals surface area contributed by atoms with Gasteiger partial charge in [-0.15, -0.1) is 0 Å². The quantitative estimate of drug-likeness (QED) is 0.386. The number of halogens is 2. The molecule has 0 aliphatic carbocycles. The smallest absolute Gasteiger partial charge is 0.337 e. The van der Waals surface area contributed by atoms with Gasteiger partial charge in [0.2, 0.25) is 0 Å². The monoisotopic (exact) mass is 423 g/mol. The van der Waals surface area contributed by atoms with Crippen molar-refractivity contribution in [1.82, 2.24) is 0 Å². The molecule has 4 nitrogen and oxygen atoms in total. The summed E-state index contributed by atoms with van der Waals surface area (Å²) in [5.74, 6) is -0.698. The standard InChI is InChI=1S/C18H11Cl2NO3S2/c1-24-17(23)10-3-6-13(7-4-10)21-16(22)15(26-18(21)25)8-11-2-5-12(19)9-14(11)20/h2-9H,1H3/b15-8-. The second-order valence-electron chi connectivity index (χ2n) is 5.22. The fraction of sp³-hybridized carbons (Fsp3) is 0.0556. The van der Waals surface area contributed by atoms with Gasteiger partial charge >= 0.3 is 5.97 Å². The lowest BCUT2D eigenvalue weighted by Gasteiger charge is -2.14. The topological polar surface area (TPSA) is 46.6 Å². The molecular formula is C18H11Cl2NO3S2. The summed E-state index contributed by atoms with van der Waals surface area (Å²) < 4.78 is 5.07. The number of nitrogens with zero attached hydrogens (tertiary/aromatic N) is 1. The minimum atomic E-state index is -0.445. The van der Waals surface area contributed by atoms with Crippen molar-refractivity contribution in [1.29, 1.82) is 0 Å². The van der Waals surface area contributed by atoms with Crippen molar-refractivity contribution < 1.29 is 14.3 Å². The van der Waals surface area contributed by atoms with Crippen molar-refractivity contribution in [2.75, 3.05) is 12.0 Å². The first-order valence-corrected chi connectivity index (χ1v) is 9.30. The number of hydrogen-bond donors (Lipinski definition) is 0. The van der Waals surface area contributed by atoms with E-state index >= 15 is 0 Å². The Bertz CT molecular complexity index is 942. The molecule has 1 aliphatic heterocycles. The van der Waals surface area contributed by atoms with Crippen LogP contribution in [0.25, 0.3) is 6.08 Å². The molecule has 0 bridgehead atoms. The number of methoxy groups -OCH3 is 1. The fourth-order valence-electron chi connectivity index (χ4n) is 2.31. The molecule has 0 N–H and O–H groups in total. The lowest BCUT2D eigenvalue weighted by Crippen LogP contribution is -2.27. The van der Waals surface area contributed by atoms with Crippen LogP contribution in [0.2, 0.25) is 10.0 Å². The highest BCUT2D eigenvalue weighted by atomic mass is 35.5. The van der Waals surface area contributed by atoms with Crippen LogP contribution in [0.15, 0.2) is 47.4 Å². The molecule has 1 aliphatic rings. The lowest BCUT2D eigenvalue weighted by molar-refractivity contribution is -0.113. The Balaban J connectivity index is 1.89. The largest absolute Gasteiger partial charge is 0.465 e. The van der Waals surface area contributed by atoms with Crippen LogP contribution < -0.4 is 4.90 Å². The highest BCUT2D eigenvalue weighted by molar-refractivity contribution is 8.27. The van der Waals surface area contributed by atoms with Gasteiger partial charge in [-0.2, -0.15) is 0 Å². The van der Waals surface area contributed by atoms with Crippen LogP contribution >= 0.6 is 47.2 Å². The van der Waals surface area contributed by atoms with Gasteiger partial charge in [-0.1, -0.05) is 53.2 Å². The first-order valence-electron chi connectivity index (χ1n) is 7.32. The summed E-state index contributed by atoms with van der Waals surface area (Å²) in [6.45, 7) is 0. The first-order chi connectivity index (χ1) is 12.4. The zero-order valence-electron chi connectivity index (χ0n) is 13.4. The maximum Gasteiger partial charge on any atom is 0.337 e. The van der Waals surface area contributed by atoms with E-state index in [0.29, 0.717) is 36.1 Å². The maximum atomic E-state index is 12.8. The molecule has 2 aromatic rings. The van der Waals surface area contributed by atoms with Crippen LogP contribution in [0.5, 0.6) is 0 Å². The molecule has 132 valence electrons. The molecule has 0 aromatic heterocycles. The van der Waals surface area contributed by atoms with Crippen LogP contribution in [-0.4, -0.2) is 23.3 Å². The molecule has 26 heavy (non-hydrogen) atoms. The number of esters is 1. The Labute approximate surface area is 169 Å². The van der Waals surface area contributed by atoms with Crippen LogP contribution in [-0.2, 0) is 9.53 Å². The van der Waals surface area contributed by atoms with Crippen LogP contribution in [0.4, 0.5) is 5.69 Å². The average Bonchev–Trinajstić information content (AvgIpc) is 2.90. The number of benzene rings is 2. The van der Waals surface area contributed by atoms with Gasteiger partial charge in [0, 0.05) is 10.0 Å². The summed E-state index contributed by atoms with van der Waals surface area (Å²) in [6, 6.07) is 11.5. The molecule has 1 amide bonds. The molecule has 0 atom stereocenters. The molecule has 1 heterocycles. The van der Waals surface area contributed by atoms with E-state index < -0.39 is 5.97 Å². The molecule has 3 rings (SSSR count). The van der Waals surface area contributed by atoms with Gasteiger partial charge in [0.1, 0.15) is 0 Å². The summed E-state index contributed by atoms with van der Waals surface area (Å²) in [5, 5.41) is 0.968. The van der Waals surface area contributed by atoms with Crippen molar-refractivity contribution in [2.45, 2.75) is 0 Å². The SMILES string of the molecule is COC(=O)c1ccc(N2C(=O)/C(=C/c3ccc(Cl)cc3Cl)SC2=S)cc1. The van der Waals surface area contributed by atoms with Crippen LogP contribution in [0, 0.1) is 0 Å². The molecule has 1 fully saturated rings. The van der Waals surface area contributed by atoms with Crippen molar-refractivity contribution >= 4 is 75.1 Å². The van der Waals surface area contributed by atoms with Crippen molar-refractivity contribution in [3.05, 3.63) is 68.5 Å². The number of carbonyl (C=O) groups is 2. The number of anilines is 1. The third kappa shape index (κ3) is 3.78. The van der Waals surface area contributed by atoms with E-state index in [1.165, 1.54) is 23.8 Å². The number of thiocarbonyl (C=S) groups is 1. The van der Waals surface area contributed by atoms with Gasteiger partial charge in [-0.25, -0.2) is 4.79 Å². The molecule has 2 aromatic carbocycles. The minimum Gasteiger partial charge on any atom is -0.465 e. The summed E-state index contributed by atoms with van der Waals surface area (Å²) in [5.41, 5.74) is 1.65. The Morgan fingerprint density at radius 2 is 1.88 bits per heavy atom. The van der Waals surface area contributed by atoms with E-state index in [4.69, 9.17) is 35.4 Å². The number of amides is 1. The number of thioether (sulfide) groups is 1. The predicted octanol–water partition coefficient (Wildman–Crippen LogP) is 5.19. The number of ether oxygens (including phenoxy) is 1. The summed E-state index contributed by atoms with van der Waals surface area (Å²) >= 11 is 18.6. The normalized spacial score (nSPS) is 15.7. The number of carbonyl (C=O) groups excluding carboxylic acids is 2. The second kappa shape index (κ2) is 7.80. The van der Waals surface area contributed by atoms with E-state index in [2.05, 4.69) is 4.74 Å². The van der Waals surface area contributed by atoms with Gasteiger partial charge in [-0.3, -0.25) is 9.69 Å².